The zero-order valence-corrected chi connectivity index (χ0v) is 14.3. The van der Waals surface area contributed by atoms with E-state index in [0.29, 0.717) is 0 Å². The first kappa shape index (κ1) is 15.1. The second-order valence-corrected chi connectivity index (χ2v) is 7.39. The van der Waals surface area contributed by atoms with E-state index in [4.69, 9.17) is 4.98 Å². The molecule has 1 atom stereocenters. The Labute approximate surface area is 135 Å². The van der Waals surface area contributed by atoms with Crippen LogP contribution >= 0.6 is 23.1 Å². The number of nitrogens with one attached hydrogen (secondary N) is 1. The zero-order valence-electron chi connectivity index (χ0n) is 12.7. The Hall–Kier alpha value is -0.840. The molecule has 21 heavy (non-hydrogen) atoms. The van der Waals surface area contributed by atoms with Gasteiger partial charge in [-0.05, 0) is 56.2 Å². The quantitative estimate of drug-likeness (QED) is 0.825. The lowest BCUT2D eigenvalue weighted by Gasteiger charge is -2.16. The van der Waals surface area contributed by atoms with E-state index >= 15 is 0 Å². The summed E-state index contributed by atoms with van der Waals surface area (Å²) in [6.45, 7) is 3.12. The Morgan fingerprint density at radius 2 is 2.00 bits per heavy atom. The molecule has 0 saturated carbocycles. The van der Waals surface area contributed by atoms with Crippen molar-refractivity contribution in [1.29, 1.82) is 0 Å². The molecule has 0 fully saturated rings. The predicted molar refractivity (Wildman–Crippen MR) is 92.5 cm³/mol. The van der Waals surface area contributed by atoms with E-state index in [9.17, 15) is 0 Å². The number of aryl methyl sites for hydroxylation is 2. The maximum absolute atomic E-state index is 4.94. The first-order valence-corrected chi connectivity index (χ1v) is 9.71. The largest absolute Gasteiger partial charge is 0.305 e. The third kappa shape index (κ3) is 3.33. The monoisotopic (exact) mass is 318 g/mol. The first-order valence-electron chi connectivity index (χ1n) is 7.67. The maximum atomic E-state index is 4.94. The summed E-state index contributed by atoms with van der Waals surface area (Å²) in [7, 11) is 0. The summed E-state index contributed by atoms with van der Waals surface area (Å²) in [5, 5.41) is 4.84. The van der Waals surface area contributed by atoms with E-state index in [1.54, 1.807) is 11.8 Å². The molecule has 112 valence electrons. The van der Waals surface area contributed by atoms with E-state index in [1.165, 1.54) is 45.3 Å². The minimum absolute atomic E-state index is 0.238. The number of hydrogen-bond donors (Lipinski definition) is 1. The molecule has 2 aromatic rings. The van der Waals surface area contributed by atoms with Crippen LogP contribution in [0.3, 0.4) is 0 Å². The first-order chi connectivity index (χ1) is 10.3. The predicted octanol–water partition coefficient (Wildman–Crippen LogP) is 4.44. The highest BCUT2D eigenvalue weighted by atomic mass is 32.2. The van der Waals surface area contributed by atoms with Crippen LogP contribution in [0.15, 0.2) is 29.2 Å². The number of hydrogen-bond acceptors (Lipinski definition) is 4. The second kappa shape index (κ2) is 6.95. The van der Waals surface area contributed by atoms with Crippen LogP contribution in [-0.2, 0) is 12.8 Å². The van der Waals surface area contributed by atoms with Gasteiger partial charge < -0.3 is 5.32 Å². The van der Waals surface area contributed by atoms with Gasteiger partial charge in [-0.3, -0.25) is 0 Å². The van der Waals surface area contributed by atoms with Gasteiger partial charge in [0.05, 0.1) is 11.7 Å². The molecule has 0 radical (unpaired) electrons. The van der Waals surface area contributed by atoms with E-state index in [2.05, 4.69) is 42.8 Å². The summed E-state index contributed by atoms with van der Waals surface area (Å²) in [6.07, 6.45) is 7.12. The Morgan fingerprint density at radius 1 is 1.24 bits per heavy atom. The molecule has 2 nitrogen and oxygen atoms in total. The van der Waals surface area contributed by atoms with Crippen molar-refractivity contribution in [3.8, 4) is 0 Å². The third-order valence-corrected chi connectivity index (χ3v) is 5.93. The van der Waals surface area contributed by atoms with Crippen molar-refractivity contribution in [2.45, 2.75) is 43.5 Å². The fourth-order valence-electron chi connectivity index (χ4n) is 2.84. The average molecular weight is 319 g/mol. The Morgan fingerprint density at radius 3 is 2.67 bits per heavy atom. The normalized spacial score (nSPS) is 15.7. The molecule has 1 unspecified atom stereocenters. The van der Waals surface area contributed by atoms with E-state index in [1.807, 2.05) is 11.3 Å². The second-order valence-electron chi connectivity index (χ2n) is 5.39. The van der Waals surface area contributed by atoms with Crippen molar-refractivity contribution in [1.82, 2.24) is 10.3 Å². The van der Waals surface area contributed by atoms with Crippen LogP contribution in [0.25, 0.3) is 0 Å². The molecule has 4 heteroatoms. The molecule has 1 aromatic heterocycles. The van der Waals surface area contributed by atoms with Gasteiger partial charge in [-0.2, -0.15) is 0 Å². The zero-order chi connectivity index (χ0) is 14.7. The van der Waals surface area contributed by atoms with Gasteiger partial charge >= 0.3 is 0 Å². The van der Waals surface area contributed by atoms with Crippen molar-refractivity contribution in [3.63, 3.8) is 0 Å². The van der Waals surface area contributed by atoms with Crippen LogP contribution in [0, 0.1) is 0 Å². The minimum Gasteiger partial charge on any atom is -0.305 e. The SMILES string of the molecule is CCNC(c1ccc(SC)cc1)c1nc2c(s1)CCCC2. The lowest BCUT2D eigenvalue weighted by Crippen LogP contribution is -2.21. The van der Waals surface area contributed by atoms with Gasteiger partial charge in [0.1, 0.15) is 5.01 Å². The molecule has 3 rings (SSSR count). The topological polar surface area (TPSA) is 24.9 Å². The van der Waals surface area contributed by atoms with Crippen molar-refractivity contribution < 1.29 is 0 Å². The number of aromatic nitrogens is 1. The molecular weight excluding hydrogens is 296 g/mol. The molecule has 1 aliphatic rings. The van der Waals surface area contributed by atoms with Crippen LogP contribution in [-0.4, -0.2) is 17.8 Å². The van der Waals surface area contributed by atoms with Gasteiger partial charge in [-0.1, -0.05) is 19.1 Å². The van der Waals surface area contributed by atoms with Crippen molar-refractivity contribution >= 4 is 23.1 Å². The van der Waals surface area contributed by atoms with Gasteiger partial charge in [-0.25, -0.2) is 4.98 Å². The summed E-state index contributed by atoms with van der Waals surface area (Å²) in [5.74, 6) is 0. The van der Waals surface area contributed by atoms with Gasteiger partial charge in [0.15, 0.2) is 0 Å². The van der Waals surface area contributed by atoms with E-state index < -0.39 is 0 Å². The number of thioether (sulfide) groups is 1. The minimum atomic E-state index is 0.238. The summed E-state index contributed by atoms with van der Waals surface area (Å²) in [5.41, 5.74) is 2.67. The summed E-state index contributed by atoms with van der Waals surface area (Å²) in [6, 6.07) is 9.12. The van der Waals surface area contributed by atoms with Crippen LogP contribution in [0.2, 0.25) is 0 Å². The number of fused-ring (bicyclic) bond motifs is 1. The van der Waals surface area contributed by atoms with Gasteiger partial charge in [0.25, 0.3) is 0 Å². The highest BCUT2D eigenvalue weighted by Crippen LogP contribution is 2.33. The van der Waals surface area contributed by atoms with Gasteiger partial charge in [0.2, 0.25) is 0 Å². The Bertz CT molecular complexity index is 566. The lowest BCUT2D eigenvalue weighted by atomic mass is 10.0. The molecule has 0 aliphatic heterocycles. The van der Waals surface area contributed by atoms with Crippen molar-refractivity contribution in [3.05, 3.63) is 45.4 Å². The van der Waals surface area contributed by atoms with Crippen molar-refractivity contribution in [2.24, 2.45) is 0 Å². The molecule has 0 saturated heterocycles. The highest BCUT2D eigenvalue weighted by molar-refractivity contribution is 7.98. The average Bonchev–Trinajstić information content (AvgIpc) is 2.96. The highest BCUT2D eigenvalue weighted by Gasteiger charge is 2.21. The summed E-state index contributed by atoms with van der Waals surface area (Å²) in [4.78, 5) is 7.77. The smallest absolute Gasteiger partial charge is 0.115 e. The summed E-state index contributed by atoms with van der Waals surface area (Å²) >= 11 is 3.70. The maximum Gasteiger partial charge on any atom is 0.115 e. The fourth-order valence-corrected chi connectivity index (χ4v) is 4.51. The van der Waals surface area contributed by atoms with Crippen molar-refractivity contribution in [2.75, 3.05) is 12.8 Å². The fraction of sp³-hybridized carbons (Fsp3) is 0.471. The molecule has 0 spiro atoms. The van der Waals surface area contributed by atoms with Crippen LogP contribution in [0.4, 0.5) is 0 Å². The lowest BCUT2D eigenvalue weighted by molar-refractivity contribution is 0.620. The summed E-state index contributed by atoms with van der Waals surface area (Å²) < 4.78 is 0. The van der Waals surface area contributed by atoms with E-state index in [0.717, 1.165) is 13.0 Å². The number of thiazole rings is 1. The van der Waals surface area contributed by atoms with E-state index in [-0.39, 0.29) is 6.04 Å². The Balaban J connectivity index is 1.90. The van der Waals surface area contributed by atoms with Gasteiger partial charge in [0, 0.05) is 9.77 Å². The number of benzene rings is 1. The number of rotatable bonds is 5. The molecule has 0 amide bonds. The van der Waals surface area contributed by atoms with Crippen LogP contribution in [0.1, 0.15) is 46.9 Å². The molecular formula is C17H22N2S2. The molecule has 1 heterocycles. The van der Waals surface area contributed by atoms with Crippen LogP contribution < -0.4 is 5.32 Å². The number of nitrogens with zero attached hydrogens (tertiary/aromatic N) is 1. The molecule has 0 bridgehead atoms. The molecule has 1 aliphatic carbocycles. The molecule has 1 aromatic carbocycles. The third-order valence-electron chi connectivity index (χ3n) is 3.97. The molecule has 1 N–H and O–H groups in total. The standard InChI is InChI=1S/C17H22N2S2/c1-3-18-16(12-8-10-13(20-2)11-9-12)17-19-14-6-4-5-7-15(14)21-17/h8-11,16,18H,3-7H2,1-2H3. The van der Waals surface area contributed by atoms with Crippen LogP contribution in [0.5, 0.6) is 0 Å². The van der Waals surface area contributed by atoms with Gasteiger partial charge in [-0.15, -0.1) is 23.1 Å². The Kier molecular flexibility index (Phi) is 4.99.